The highest BCUT2D eigenvalue weighted by Crippen LogP contribution is 2.40. The highest BCUT2D eigenvalue weighted by atomic mass is 35.5. The van der Waals surface area contributed by atoms with E-state index in [1.807, 2.05) is 0 Å². The first-order chi connectivity index (χ1) is 14.6. The SMILES string of the molecule is NC(=O)CC(CCC(F)(F)F)C(=O)NC1C(=O)Nc2c(Cl)cccc2-c2ccccc21. The number of fused-ring (bicyclic) bond motifs is 3. The lowest BCUT2D eigenvalue weighted by Crippen LogP contribution is -2.41. The van der Waals surface area contributed by atoms with Crippen LogP contribution in [-0.4, -0.2) is 23.9 Å². The zero-order valence-corrected chi connectivity index (χ0v) is 16.9. The van der Waals surface area contributed by atoms with Crippen LogP contribution < -0.4 is 16.4 Å². The Morgan fingerprint density at radius 1 is 1.13 bits per heavy atom. The number of para-hydroxylation sites is 1. The van der Waals surface area contributed by atoms with Crippen LogP contribution in [0.4, 0.5) is 18.9 Å². The van der Waals surface area contributed by atoms with Gasteiger partial charge in [-0.3, -0.25) is 14.4 Å². The molecule has 3 rings (SSSR count). The number of benzene rings is 2. The highest BCUT2D eigenvalue weighted by Gasteiger charge is 2.35. The number of hydrogen-bond acceptors (Lipinski definition) is 3. The van der Waals surface area contributed by atoms with E-state index in [0.29, 0.717) is 27.4 Å². The molecule has 4 N–H and O–H groups in total. The molecule has 2 aromatic rings. The third kappa shape index (κ3) is 5.35. The lowest BCUT2D eigenvalue weighted by atomic mass is 9.93. The zero-order chi connectivity index (χ0) is 22.8. The van der Waals surface area contributed by atoms with Crippen molar-refractivity contribution in [2.75, 3.05) is 5.32 Å². The van der Waals surface area contributed by atoms with Crippen LogP contribution in [-0.2, 0) is 14.4 Å². The van der Waals surface area contributed by atoms with Gasteiger partial charge in [0.25, 0.3) is 5.91 Å². The summed E-state index contributed by atoms with van der Waals surface area (Å²) >= 11 is 6.23. The fraction of sp³-hybridized carbons (Fsp3) is 0.286. The first kappa shape index (κ1) is 22.6. The van der Waals surface area contributed by atoms with Crippen LogP contribution in [0.25, 0.3) is 11.1 Å². The molecule has 0 spiro atoms. The maximum Gasteiger partial charge on any atom is 0.389 e. The van der Waals surface area contributed by atoms with Crippen molar-refractivity contribution < 1.29 is 27.6 Å². The van der Waals surface area contributed by atoms with Crippen molar-refractivity contribution in [2.45, 2.75) is 31.5 Å². The predicted octanol–water partition coefficient (Wildman–Crippen LogP) is 3.95. The van der Waals surface area contributed by atoms with Crippen LogP contribution >= 0.6 is 11.6 Å². The zero-order valence-electron chi connectivity index (χ0n) is 16.1. The molecule has 0 radical (unpaired) electrons. The first-order valence-electron chi connectivity index (χ1n) is 9.41. The molecule has 10 heteroatoms. The van der Waals surface area contributed by atoms with Gasteiger partial charge in [-0.15, -0.1) is 0 Å². The monoisotopic (exact) mass is 453 g/mol. The minimum atomic E-state index is -4.50. The van der Waals surface area contributed by atoms with Crippen LogP contribution in [0.15, 0.2) is 42.5 Å². The molecule has 0 bridgehead atoms. The molecule has 0 aromatic heterocycles. The summed E-state index contributed by atoms with van der Waals surface area (Å²) in [5.41, 5.74) is 7.19. The van der Waals surface area contributed by atoms with E-state index in [4.69, 9.17) is 17.3 Å². The van der Waals surface area contributed by atoms with Crippen molar-refractivity contribution in [1.29, 1.82) is 0 Å². The number of carbonyl (C=O) groups is 3. The van der Waals surface area contributed by atoms with Crippen molar-refractivity contribution >= 4 is 35.0 Å². The molecule has 2 aromatic carbocycles. The number of rotatable bonds is 6. The molecular formula is C21H19ClF3N3O3. The normalized spacial score (nSPS) is 16.4. The average Bonchev–Trinajstić information content (AvgIpc) is 2.80. The number of anilines is 1. The number of nitrogens with one attached hydrogen (secondary N) is 2. The molecular weight excluding hydrogens is 435 g/mol. The van der Waals surface area contributed by atoms with Crippen molar-refractivity contribution in [3.63, 3.8) is 0 Å². The van der Waals surface area contributed by atoms with Crippen molar-refractivity contribution in [3.05, 3.63) is 53.1 Å². The lowest BCUT2D eigenvalue weighted by Gasteiger charge is -2.22. The van der Waals surface area contributed by atoms with Gasteiger partial charge in [0.1, 0.15) is 6.04 Å². The van der Waals surface area contributed by atoms with E-state index >= 15 is 0 Å². The predicted molar refractivity (Wildman–Crippen MR) is 109 cm³/mol. The Labute approximate surface area is 180 Å². The second-order valence-corrected chi connectivity index (χ2v) is 7.61. The van der Waals surface area contributed by atoms with Gasteiger partial charge in [-0.2, -0.15) is 13.2 Å². The van der Waals surface area contributed by atoms with E-state index in [1.165, 1.54) is 0 Å². The lowest BCUT2D eigenvalue weighted by molar-refractivity contribution is -0.143. The third-order valence-electron chi connectivity index (χ3n) is 4.97. The molecule has 6 nitrogen and oxygen atoms in total. The Balaban J connectivity index is 1.93. The molecule has 1 aliphatic rings. The quantitative estimate of drug-likeness (QED) is 0.617. The number of hydrogen-bond donors (Lipinski definition) is 3. The van der Waals surface area contributed by atoms with E-state index in [2.05, 4.69) is 10.6 Å². The van der Waals surface area contributed by atoms with Crippen molar-refractivity contribution in [3.8, 4) is 11.1 Å². The fourth-order valence-electron chi connectivity index (χ4n) is 3.52. The van der Waals surface area contributed by atoms with Crippen LogP contribution in [0, 0.1) is 5.92 Å². The summed E-state index contributed by atoms with van der Waals surface area (Å²) in [6.07, 6.45) is -6.95. The van der Waals surface area contributed by atoms with Gasteiger partial charge in [0, 0.05) is 24.3 Å². The van der Waals surface area contributed by atoms with E-state index in [9.17, 15) is 27.6 Å². The number of nitrogens with two attached hydrogens (primary N) is 1. The van der Waals surface area contributed by atoms with Crippen LogP contribution in [0.2, 0.25) is 5.02 Å². The highest BCUT2D eigenvalue weighted by molar-refractivity contribution is 6.34. The minimum absolute atomic E-state index is 0.296. The van der Waals surface area contributed by atoms with E-state index in [0.717, 1.165) is 0 Å². The summed E-state index contributed by atoms with van der Waals surface area (Å²) in [6, 6.07) is 10.7. The fourth-order valence-corrected chi connectivity index (χ4v) is 3.74. The van der Waals surface area contributed by atoms with E-state index in [1.54, 1.807) is 42.5 Å². The standard InChI is InChI=1S/C21H19ClF3N3O3/c22-15-7-3-6-13-12-4-1-2-5-14(12)18(20(31)27-17(13)15)28-19(30)11(10-16(26)29)8-9-21(23,24)25/h1-7,11,18H,8-10H2,(H2,26,29)(H,27,31)(H,28,30). The summed E-state index contributed by atoms with van der Waals surface area (Å²) < 4.78 is 38.0. The Bertz CT molecular complexity index is 1030. The topological polar surface area (TPSA) is 101 Å². The van der Waals surface area contributed by atoms with Gasteiger partial charge < -0.3 is 16.4 Å². The number of amides is 3. The van der Waals surface area contributed by atoms with Gasteiger partial charge in [-0.1, -0.05) is 48.0 Å². The number of halogens is 4. The van der Waals surface area contributed by atoms with E-state index < -0.39 is 55.1 Å². The molecule has 3 amide bonds. The molecule has 1 heterocycles. The Hall–Kier alpha value is -3.07. The average molecular weight is 454 g/mol. The molecule has 2 atom stereocenters. The Morgan fingerprint density at radius 2 is 1.81 bits per heavy atom. The van der Waals surface area contributed by atoms with Gasteiger partial charge in [0.15, 0.2) is 0 Å². The molecule has 0 fully saturated rings. The van der Waals surface area contributed by atoms with Crippen molar-refractivity contribution in [2.24, 2.45) is 11.7 Å². The van der Waals surface area contributed by atoms with Crippen molar-refractivity contribution in [1.82, 2.24) is 5.32 Å². The summed E-state index contributed by atoms with van der Waals surface area (Å²) in [5.74, 6) is -3.71. The number of alkyl halides is 3. The minimum Gasteiger partial charge on any atom is -0.370 e. The number of primary amides is 1. The summed E-state index contributed by atoms with van der Waals surface area (Å²) in [7, 11) is 0. The molecule has 2 unspecified atom stereocenters. The summed E-state index contributed by atoms with van der Waals surface area (Å²) in [6.45, 7) is 0. The second-order valence-electron chi connectivity index (χ2n) is 7.20. The Morgan fingerprint density at radius 3 is 2.48 bits per heavy atom. The van der Waals surface area contributed by atoms with Gasteiger partial charge in [0.2, 0.25) is 11.8 Å². The summed E-state index contributed by atoms with van der Waals surface area (Å²) in [5, 5.41) is 5.46. The molecule has 164 valence electrons. The third-order valence-corrected chi connectivity index (χ3v) is 5.28. The Kier molecular flexibility index (Phi) is 6.54. The largest absolute Gasteiger partial charge is 0.389 e. The summed E-state index contributed by atoms with van der Waals surface area (Å²) in [4.78, 5) is 37.0. The maximum atomic E-state index is 12.9. The van der Waals surface area contributed by atoms with Crippen LogP contribution in [0.5, 0.6) is 0 Å². The first-order valence-corrected chi connectivity index (χ1v) is 9.78. The smallest absolute Gasteiger partial charge is 0.370 e. The molecule has 0 saturated heterocycles. The van der Waals surface area contributed by atoms with Gasteiger partial charge in [-0.05, 0) is 23.6 Å². The van der Waals surface area contributed by atoms with Crippen LogP contribution in [0.1, 0.15) is 30.9 Å². The van der Waals surface area contributed by atoms with E-state index in [-0.39, 0.29) is 0 Å². The second kappa shape index (κ2) is 8.97. The van der Waals surface area contributed by atoms with Crippen LogP contribution in [0.3, 0.4) is 0 Å². The number of carbonyl (C=O) groups excluding carboxylic acids is 3. The molecule has 31 heavy (non-hydrogen) atoms. The van der Waals surface area contributed by atoms with Gasteiger partial charge in [0.05, 0.1) is 10.7 Å². The molecule has 0 saturated carbocycles. The molecule has 1 aliphatic heterocycles. The molecule has 0 aliphatic carbocycles. The van der Waals surface area contributed by atoms with Gasteiger partial charge >= 0.3 is 6.18 Å². The maximum absolute atomic E-state index is 12.9. The van der Waals surface area contributed by atoms with Gasteiger partial charge in [-0.25, -0.2) is 0 Å².